The number of rotatable bonds is 8. The molecule has 5 aromatic rings. The van der Waals surface area contributed by atoms with Gasteiger partial charge in [-0.1, -0.05) is 24.3 Å². The number of nitro benzene ring substituents is 1. The molecule has 1 amide bonds. The van der Waals surface area contributed by atoms with E-state index in [9.17, 15) is 19.7 Å². The number of esters is 1. The van der Waals surface area contributed by atoms with Gasteiger partial charge in [0.25, 0.3) is 11.6 Å². The van der Waals surface area contributed by atoms with Crippen molar-refractivity contribution in [3.05, 3.63) is 106 Å². The highest BCUT2D eigenvalue weighted by molar-refractivity contribution is 6.06. The summed E-state index contributed by atoms with van der Waals surface area (Å²) in [6.07, 6.45) is -1.21. The van der Waals surface area contributed by atoms with E-state index >= 15 is 0 Å². The zero-order valence-electron chi connectivity index (χ0n) is 22.4. The number of aryl methyl sites for hydroxylation is 1. The maximum absolute atomic E-state index is 13.6. The van der Waals surface area contributed by atoms with Gasteiger partial charge in [0, 0.05) is 23.4 Å². The lowest BCUT2D eigenvalue weighted by Gasteiger charge is -2.15. The third kappa shape index (κ3) is 5.59. The van der Waals surface area contributed by atoms with Crippen LogP contribution in [0.15, 0.2) is 84.9 Å². The Morgan fingerprint density at radius 3 is 2.41 bits per heavy atom. The molecule has 11 heteroatoms. The van der Waals surface area contributed by atoms with Crippen molar-refractivity contribution in [3.63, 3.8) is 0 Å². The number of aromatic nitrogens is 3. The summed E-state index contributed by atoms with van der Waals surface area (Å²) < 4.78 is 12.5. The normalized spacial score (nSPS) is 11.6. The van der Waals surface area contributed by atoms with Crippen molar-refractivity contribution in [2.45, 2.75) is 20.0 Å². The second-order valence-corrected chi connectivity index (χ2v) is 9.16. The van der Waals surface area contributed by atoms with Crippen molar-refractivity contribution in [3.8, 4) is 22.7 Å². The number of pyridine rings is 1. The van der Waals surface area contributed by atoms with Gasteiger partial charge in [-0.15, -0.1) is 0 Å². The molecule has 0 spiro atoms. The number of para-hydroxylation sites is 1. The van der Waals surface area contributed by atoms with Gasteiger partial charge in [0.2, 0.25) is 0 Å². The van der Waals surface area contributed by atoms with Crippen molar-refractivity contribution >= 4 is 34.3 Å². The number of fused-ring (bicyclic) bond motifs is 1. The number of nitrogens with zero attached hydrogens (tertiary/aromatic N) is 4. The van der Waals surface area contributed by atoms with Crippen LogP contribution >= 0.6 is 0 Å². The number of carbonyl (C=O) groups is 2. The summed E-state index contributed by atoms with van der Waals surface area (Å²) in [7, 11) is 1.57. The monoisotopic (exact) mass is 551 g/mol. The van der Waals surface area contributed by atoms with E-state index in [0.29, 0.717) is 28.2 Å². The van der Waals surface area contributed by atoms with E-state index in [-0.39, 0.29) is 16.9 Å². The highest BCUT2D eigenvalue weighted by atomic mass is 16.6. The van der Waals surface area contributed by atoms with Crippen LogP contribution in [0.4, 0.5) is 11.4 Å². The standard InChI is InChI=1S/C30H25N5O6/c1-18-27-25(30(37)41-19(2)29(36)31-21-8-7-11-23(16-21)35(38)39)17-26(20-12-14-24(40-3)15-13-20)32-28(27)34(33-18)22-9-5-4-6-10-22/h4-17,19H,1-3H3,(H,31,36). The van der Waals surface area contributed by atoms with Crippen LogP contribution in [0.5, 0.6) is 5.75 Å². The number of amides is 1. The van der Waals surface area contributed by atoms with Gasteiger partial charge in [-0.2, -0.15) is 5.10 Å². The summed E-state index contributed by atoms with van der Waals surface area (Å²) in [4.78, 5) is 41.8. The Labute approximate surface area is 234 Å². The molecule has 1 N–H and O–H groups in total. The molecule has 1 unspecified atom stereocenters. The largest absolute Gasteiger partial charge is 0.497 e. The zero-order chi connectivity index (χ0) is 29.1. The Hall–Kier alpha value is -5.58. The molecule has 1 atom stereocenters. The lowest BCUT2D eigenvalue weighted by molar-refractivity contribution is -0.384. The lowest BCUT2D eigenvalue weighted by Crippen LogP contribution is -2.30. The summed E-state index contributed by atoms with van der Waals surface area (Å²) in [6, 6.07) is 23.7. The van der Waals surface area contributed by atoms with E-state index in [2.05, 4.69) is 10.4 Å². The van der Waals surface area contributed by atoms with Crippen LogP contribution in [-0.4, -0.2) is 44.8 Å². The van der Waals surface area contributed by atoms with Gasteiger partial charge < -0.3 is 14.8 Å². The average Bonchev–Trinajstić information content (AvgIpc) is 3.33. The van der Waals surface area contributed by atoms with Gasteiger partial charge in [-0.05, 0) is 62.4 Å². The van der Waals surface area contributed by atoms with Crippen molar-refractivity contribution in [1.82, 2.24) is 14.8 Å². The van der Waals surface area contributed by atoms with Crippen LogP contribution in [0.1, 0.15) is 23.0 Å². The van der Waals surface area contributed by atoms with Crippen LogP contribution in [0.3, 0.4) is 0 Å². The highest BCUT2D eigenvalue weighted by Crippen LogP contribution is 2.30. The number of methoxy groups -OCH3 is 1. The van der Waals surface area contributed by atoms with E-state index in [1.165, 1.54) is 31.2 Å². The summed E-state index contributed by atoms with van der Waals surface area (Å²) in [6.45, 7) is 3.19. The molecule has 0 saturated carbocycles. The molecule has 0 aliphatic heterocycles. The number of ether oxygens (including phenoxy) is 2. The predicted molar refractivity (Wildman–Crippen MR) is 152 cm³/mol. The minimum Gasteiger partial charge on any atom is -0.497 e. The van der Waals surface area contributed by atoms with E-state index in [0.717, 1.165) is 11.3 Å². The Morgan fingerprint density at radius 2 is 1.73 bits per heavy atom. The van der Waals surface area contributed by atoms with Crippen molar-refractivity contribution in [2.24, 2.45) is 0 Å². The third-order valence-electron chi connectivity index (χ3n) is 6.40. The molecule has 11 nitrogen and oxygen atoms in total. The van der Waals surface area contributed by atoms with Gasteiger partial charge in [0.1, 0.15) is 5.75 Å². The molecule has 3 aromatic carbocycles. The number of hydrogen-bond acceptors (Lipinski definition) is 8. The molecular weight excluding hydrogens is 526 g/mol. The van der Waals surface area contributed by atoms with Gasteiger partial charge in [0.05, 0.1) is 40.1 Å². The number of hydrogen-bond donors (Lipinski definition) is 1. The molecule has 41 heavy (non-hydrogen) atoms. The predicted octanol–water partition coefficient (Wildman–Crippen LogP) is 5.50. The second kappa shape index (κ2) is 11.3. The first-order valence-corrected chi connectivity index (χ1v) is 12.6. The fourth-order valence-corrected chi connectivity index (χ4v) is 4.33. The SMILES string of the molecule is COc1ccc(-c2cc(C(=O)OC(C)C(=O)Nc3cccc([N+](=O)[O-])c3)c3c(C)nn(-c4ccccc4)c3n2)cc1. The van der Waals surface area contributed by atoms with E-state index in [1.807, 2.05) is 42.5 Å². The second-order valence-electron chi connectivity index (χ2n) is 9.16. The molecule has 0 radical (unpaired) electrons. The lowest BCUT2D eigenvalue weighted by atomic mass is 10.1. The molecule has 0 aliphatic rings. The topological polar surface area (TPSA) is 138 Å². The van der Waals surface area contributed by atoms with Crippen LogP contribution in [-0.2, 0) is 9.53 Å². The number of benzene rings is 3. The minimum absolute atomic E-state index is 0.177. The van der Waals surface area contributed by atoms with Gasteiger partial charge in [0.15, 0.2) is 11.8 Å². The summed E-state index contributed by atoms with van der Waals surface area (Å²) in [5.41, 5.74) is 3.21. The van der Waals surface area contributed by atoms with Crippen LogP contribution in [0.2, 0.25) is 0 Å². The number of non-ortho nitro benzene ring substituents is 1. The van der Waals surface area contributed by atoms with Gasteiger partial charge in [-0.25, -0.2) is 14.5 Å². The third-order valence-corrected chi connectivity index (χ3v) is 6.40. The molecule has 0 aliphatic carbocycles. The van der Waals surface area contributed by atoms with Crippen molar-refractivity contribution in [2.75, 3.05) is 12.4 Å². The molecule has 206 valence electrons. The Morgan fingerprint density at radius 1 is 1.00 bits per heavy atom. The fourth-order valence-electron chi connectivity index (χ4n) is 4.33. The quantitative estimate of drug-likeness (QED) is 0.152. The number of nitro groups is 1. The van der Waals surface area contributed by atoms with Crippen molar-refractivity contribution in [1.29, 1.82) is 0 Å². The minimum atomic E-state index is -1.21. The first-order chi connectivity index (χ1) is 19.7. The molecular formula is C30H25N5O6. The van der Waals surface area contributed by atoms with Gasteiger partial charge >= 0.3 is 5.97 Å². The molecule has 0 fully saturated rings. The van der Waals surface area contributed by atoms with E-state index < -0.39 is 22.9 Å². The average molecular weight is 552 g/mol. The molecule has 0 bridgehead atoms. The Balaban J connectivity index is 1.52. The first-order valence-electron chi connectivity index (χ1n) is 12.6. The highest BCUT2D eigenvalue weighted by Gasteiger charge is 2.25. The molecule has 0 saturated heterocycles. The van der Waals surface area contributed by atoms with Crippen LogP contribution in [0, 0.1) is 17.0 Å². The summed E-state index contributed by atoms with van der Waals surface area (Å²) in [5, 5.41) is 18.8. The number of anilines is 1. The first kappa shape index (κ1) is 27.0. The summed E-state index contributed by atoms with van der Waals surface area (Å²) >= 11 is 0. The fraction of sp³-hybridized carbons (Fsp3) is 0.133. The Bertz CT molecular complexity index is 1770. The maximum Gasteiger partial charge on any atom is 0.339 e. The number of carbonyl (C=O) groups excluding carboxylic acids is 2. The molecule has 2 heterocycles. The van der Waals surface area contributed by atoms with Gasteiger partial charge in [-0.3, -0.25) is 14.9 Å². The van der Waals surface area contributed by atoms with Crippen molar-refractivity contribution < 1.29 is 24.0 Å². The molecule has 2 aromatic heterocycles. The van der Waals surface area contributed by atoms with Crippen LogP contribution < -0.4 is 10.1 Å². The maximum atomic E-state index is 13.6. The van der Waals surface area contributed by atoms with Crippen LogP contribution in [0.25, 0.3) is 28.0 Å². The van der Waals surface area contributed by atoms with E-state index in [1.54, 1.807) is 36.9 Å². The Kier molecular flexibility index (Phi) is 7.42. The summed E-state index contributed by atoms with van der Waals surface area (Å²) in [5.74, 6) is -0.719. The molecule has 5 rings (SSSR count). The number of nitrogens with one attached hydrogen (secondary N) is 1. The van der Waals surface area contributed by atoms with E-state index in [4.69, 9.17) is 14.5 Å². The zero-order valence-corrected chi connectivity index (χ0v) is 22.4. The smallest absolute Gasteiger partial charge is 0.339 e.